The normalized spacial score (nSPS) is 11.5. The number of esters is 1. The van der Waals surface area contributed by atoms with Crippen molar-refractivity contribution < 1.29 is 28.6 Å². The maximum atomic E-state index is 13.4. The van der Waals surface area contributed by atoms with Crippen LogP contribution < -0.4 is 0 Å². The number of carboxylic acids is 1. The van der Waals surface area contributed by atoms with Gasteiger partial charge in [-0.1, -0.05) is 67.9 Å². The van der Waals surface area contributed by atoms with Crippen LogP contribution in [0.4, 0.5) is 4.39 Å². The van der Waals surface area contributed by atoms with Gasteiger partial charge in [-0.05, 0) is 46.9 Å². The predicted octanol–water partition coefficient (Wildman–Crippen LogP) is 5.49. The molecule has 0 aromatic heterocycles. The molecule has 7 heteroatoms. The molecule has 0 unspecified atom stereocenters. The van der Waals surface area contributed by atoms with E-state index in [9.17, 15) is 23.9 Å². The van der Waals surface area contributed by atoms with Gasteiger partial charge in [-0.25, -0.2) is 14.0 Å². The second-order valence-electron chi connectivity index (χ2n) is 8.54. The lowest BCUT2D eigenvalue weighted by atomic mass is 9.98. The number of hydrogen-bond donors (Lipinski definition) is 1. The number of hydrogen-bond acceptors (Lipinski definition) is 4. The zero-order valence-corrected chi connectivity index (χ0v) is 20.4. The van der Waals surface area contributed by atoms with Crippen molar-refractivity contribution >= 4 is 17.8 Å². The summed E-state index contributed by atoms with van der Waals surface area (Å²) in [6.45, 7) is 2.16. The molecule has 188 valence electrons. The van der Waals surface area contributed by atoms with Crippen LogP contribution in [-0.4, -0.2) is 41.0 Å². The average Bonchev–Trinajstić information content (AvgIpc) is 2.90. The highest BCUT2D eigenvalue weighted by Gasteiger charge is 2.31. The molecule has 0 bridgehead atoms. The van der Waals surface area contributed by atoms with Gasteiger partial charge in [-0.15, -0.1) is 0 Å². The van der Waals surface area contributed by atoms with Gasteiger partial charge in [0.15, 0.2) is 0 Å². The zero-order valence-electron chi connectivity index (χ0n) is 20.4. The van der Waals surface area contributed by atoms with E-state index in [0.29, 0.717) is 17.5 Å². The number of carbonyl (C=O) groups is 3. The van der Waals surface area contributed by atoms with Gasteiger partial charge in [-0.2, -0.15) is 0 Å². The van der Waals surface area contributed by atoms with E-state index in [1.165, 1.54) is 24.1 Å². The van der Waals surface area contributed by atoms with E-state index in [4.69, 9.17) is 4.74 Å². The number of carboxylic acid groups (broad SMARTS) is 1. The Balaban J connectivity index is 1.91. The summed E-state index contributed by atoms with van der Waals surface area (Å²) in [4.78, 5) is 39.1. The third-order valence-electron chi connectivity index (χ3n) is 6.03. The molecule has 0 aliphatic heterocycles. The molecular weight excluding hydrogens is 461 g/mol. The molecule has 0 spiro atoms. The third-order valence-corrected chi connectivity index (χ3v) is 6.03. The fourth-order valence-corrected chi connectivity index (χ4v) is 4.05. The molecule has 3 aromatic rings. The van der Waals surface area contributed by atoms with Crippen LogP contribution in [0, 0.1) is 5.82 Å². The SMILES string of the molecule is CCCCC(=O)N(Cc1ccc(-c2ccccc2C(=O)O)cc1)[C@@H](Cc1ccc(F)cc1)C(=O)OC. The first kappa shape index (κ1) is 26.6. The van der Waals surface area contributed by atoms with Crippen molar-refractivity contribution in [3.8, 4) is 11.1 Å². The third kappa shape index (κ3) is 6.78. The predicted molar refractivity (Wildman–Crippen MR) is 135 cm³/mol. The second kappa shape index (κ2) is 12.6. The zero-order chi connectivity index (χ0) is 26.1. The molecule has 3 aromatic carbocycles. The smallest absolute Gasteiger partial charge is 0.336 e. The largest absolute Gasteiger partial charge is 0.478 e. The van der Waals surface area contributed by atoms with E-state index in [0.717, 1.165) is 17.5 Å². The molecule has 3 rings (SSSR count). The van der Waals surface area contributed by atoms with E-state index in [1.807, 2.05) is 19.1 Å². The van der Waals surface area contributed by atoms with E-state index in [1.54, 1.807) is 48.5 Å². The summed E-state index contributed by atoms with van der Waals surface area (Å²) in [6, 6.07) is 18.9. The number of amides is 1. The lowest BCUT2D eigenvalue weighted by Crippen LogP contribution is -2.46. The Hall–Kier alpha value is -4.00. The van der Waals surface area contributed by atoms with Gasteiger partial charge in [-0.3, -0.25) is 4.79 Å². The minimum Gasteiger partial charge on any atom is -0.478 e. The van der Waals surface area contributed by atoms with Gasteiger partial charge in [0.05, 0.1) is 12.7 Å². The molecule has 6 nitrogen and oxygen atoms in total. The minimum absolute atomic E-state index is 0.171. The summed E-state index contributed by atoms with van der Waals surface area (Å²) >= 11 is 0. The van der Waals surface area contributed by atoms with Crippen molar-refractivity contribution in [1.29, 1.82) is 0 Å². The first-order valence-corrected chi connectivity index (χ1v) is 11.9. The Morgan fingerprint density at radius 3 is 2.19 bits per heavy atom. The highest BCUT2D eigenvalue weighted by atomic mass is 19.1. The summed E-state index contributed by atoms with van der Waals surface area (Å²) in [5.41, 5.74) is 3.02. The lowest BCUT2D eigenvalue weighted by Gasteiger charge is -2.30. The van der Waals surface area contributed by atoms with E-state index in [-0.39, 0.29) is 36.7 Å². The molecule has 0 aliphatic carbocycles. The number of halogens is 1. The van der Waals surface area contributed by atoms with Crippen molar-refractivity contribution in [2.24, 2.45) is 0 Å². The number of rotatable bonds is 11. The molecule has 1 amide bonds. The molecule has 0 saturated heterocycles. The Kier molecular flexibility index (Phi) is 9.33. The standard InChI is InChI=1S/C29H30FNO5/c1-3-4-9-27(32)31(26(29(35)36-2)18-20-12-16-23(30)17-13-20)19-21-10-14-22(15-11-21)24-7-5-6-8-25(24)28(33)34/h5-8,10-17,26H,3-4,9,18-19H2,1-2H3,(H,33,34)/t26-/m0/s1. The van der Waals surface area contributed by atoms with Crippen LogP contribution in [0.5, 0.6) is 0 Å². The highest BCUT2D eigenvalue weighted by molar-refractivity contribution is 5.96. The van der Waals surface area contributed by atoms with E-state index < -0.39 is 18.0 Å². The van der Waals surface area contributed by atoms with Gasteiger partial charge in [0.1, 0.15) is 11.9 Å². The van der Waals surface area contributed by atoms with Crippen LogP contribution in [0.1, 0.15) is 47.7 Å². The van der Waals surface area contributed by atoms with Crippen molar-refractivity contribution in [1.82, 2.24) is 4.90 Å². The fraction of sp³-hybridized carbons (Fsp3) is 0.276. The van der Waals surface area contributed by atoms with Gasteiger partial charge >= 0.3 is 11.9 Å². The average molecular weight is 492 g/mol. The Bertz CT molecular complexity index is 1190. The monoisotopic (exact) mass is 491 g/mol. The number of aromatic carboxylic acids is 1. The number of nitrogens with zero attached hydrogens (tertiary/aromatic N) is 1. The summed E-state index contributed by atoms with van der Waals surface area (Å²) < 4.78 is 18.4. The molecule has 0 aliphatic rings. The van der Waals surface area contributed by atoms with E-state index in [2.05, 4.69) is 0 Å². The highest BCUT2D eigenvalue weighted by Crippen LogP contribution is 2.25. The van der Waals surface area contributed by atoms with Gasteiger partial charge in [0.25, 0.3) is 0 Å². The number of benzene rings is 3. The number of methoxy groups -OCH3 is 1. The van der Waals surface area contributed by atoms with Crippen LogP contribution in [0.15, 0.2) is 72.8 Å². The number of carbonyl (C=O) groups excluding carboxylic acids is 2. The number of unbranched alkanes of at least 4 members (excludes halogenated alkanes) is 1. The molecule has 0 saturated carbocycles. The van der Waals surface area contributed by atoms with Gasteiger partial charge < -0.3 is 14.7 Å². The number of ether oxygens (including phenoxy) is 1. The molecule has 0 fully saturated rings. The molecule has 1 N–H and O–H groups in total. The first-order chi connectivity index (χ1) is 17.3. The second-order valence-corrected chi connectivity index (χ2v) is 8.54. The molecule has 36 heavy (non-hydrogen) atoms. The van der Waals surface area contributed by atoms with Gasteiger partial charge in [0, 0.05) is 19.4 Å². The molecule has 0 radical (unpaired) electrons. The van der Waals surface area contributed by atoms with Crippen LogP contribution in [-0.2, 0) is 27.3 Å². The maximum absolute atomic E-state index is 13.4. The fourth-order valence-electron chi connectivity index (χ4n) is 4.05. The van der Waals surface area contributed by atoms with Crippen molar-refractivity contribution in [3.63, 3.8) is 0 Å². The Morgan fingerprint density at radius 2 is 1.58 bits per heavy atom. The Labute approximate surface area is 210 Å². The Morgan fingerprint density at radius 1 is 0.944 bits per heavy atom. The minimum atomic E-state index is -1.01. The molecule has 1 atom stereocenters. The van der Waals surface area contributed by atoms with Crippen LogP contribution >= 0.6 is 0 Å². The molecule has 0 heterocycles. The summed E-state index contributed by atoms with van der Waals surface area (Å²) in [7, 11) is 1.28. The summed E-state index contributed by atoms with van der Waals surface area (Å²) in [5.74, 6) is -2.11. The first-order valence-electron chi connectivity index (χ1n) is 11.9. The van der Waals surface area contributed by atoms with Crippen molar-refractivity contribution in [3.05, 3.63) is 95.3 Å². The van der Waals surface area contributed by atoms with Crippen LogP contribution in [0.2, 0.25) is 0 Å². The lowest BCUT2D eigenvalue weighted by molar-refractivity contribution is -0.153. The topological polar surface area (TPSA) is 83.9 Å². The van der Waals surface area contributed by atoms with Crippen molar-refractivity contribution in [2.45, 2.75) is 45.2 Å². The quantitative estimate of drug-likeness (QED) is 0.359. The van der Waals surface area contributed by atoms with Crippen LogP contribution in [0.25, 0.3) is 11.1 Å². The van der Waals surface area contributed by atoms with Gasteiger partial charge in [0.2, 0.25) is 5.91 Å². The summed E-state index contributed by atoms with van der Waals surface area (Å²) in [6.07, 6.45) is 2.00. The maximum Gasteiger partial charge on any atom is 0.336 e. The summed E-state index contributed by atoms with van der Waals surface area (Å²) in [5, 5.41) is 9.50. The van der Waals surface area contributed by atoms with Crippen molar-refractivity contribution in [2.75, 3.05) is 7.11 Å². The van der Waals surface area contributed by atoms with E-state index >= 15 is 0 Å². The molecular formula is C29H30FNO5. The van der Waals surface area contributed by atoms with Crippen LogP contribution in [0.3, 0.4) is 0 Å².